The number of halogens is 1. The molecule has 0 aliphatic carbocycles. The smallest absolute Gasteiger partial charge is 0.0260 e. The first-order valence-electron chi connectivity index (χ1n) is 7.16. The van der Waals surface area contributed by atoms with Gasteiger partial charge in [-0.3, -0.25) is 0 Å². The molecule has 0 heterocycles. The van der Waals surface area contributed by atoms with Gasteiger partial charge in [-0.25, -0.2) is 0 Å². The second kappa shape index (κ2) is 3.20. The fourth-order valence-electron chi connectivity index (χ4n) is 4.13. The highest BCUT2D eigenvalue weighted by atomic mass is 79.9. The maximum Gasteiger partial charge on any atom is 0.0260 e. The molecule has 1 heteroatoms. The van der Waals surface area contributed by atoms with Crippen LogP contribution < -0.4 is 0 Å². The highest BCUT2D eigenvalue weighted by molar-refractivity contribution is 9.10. The number of hydrogen-bond acceptors (Lipinski definition) is 0. The molecule has 21 heavy (non-hydrogen) atoms. The molecule has 6 aromatic carbocycles. The van der Waals surface area contributed by atoms with E-state index in [0.717, 1.165) is 0 Å². The van der Waals surface area contributed by atoms with Crippen molar-refractivity contribution in [1.82, 2.24) is 0 Å². The lowest BCUT2D eigenvalue weighted by Crippen LogP contribution is -1.78. The van der Waals surface area contributed by atoms with Gasteiger partial charge in [-0.15, -0.1) is 0 Å². The topological polar surface area (TPSA) is 0 Å². The van der Waals surface area contributed by atoms with Gasteiger partial charge in [0.05, 0.1) is 0 Å². The van der Waals surface area contributed by atoms with E-state index in [1.54, 1.807) is 0 Å². The normalized spacial score (nSPS) is 13.0. The van der Waals surface area contributed by atoms with E-state index >= 15 is 0 Å². The van der Waals surface area contributed by atoms with E-state index in [4.69, 9.17) is 0 Å². The van der Waals surface area contributed by atoms with E-state index in [-0.39, 0.29) is 0 Å². The van der Waals surface area contributed by atoms with Gasteiger partial charge in [0.2, 0.25) is 0 Å². The first kappa shape index (κ1) is 10.6. The Bertz CT molecular complexity index is 1240. The lowest BCUT2D eigenvalue weighted by molar-refractivity contribution is 1.82. The van der Waals surface area contributed by atoms with Crippen molar-refractivity contribution in [2.24, 2.45) is 0 Å². The summed E-state index contributed by atoms with van der Waals surface area (Å²) in [4.78, 5) is 0. The van der Waals surface area contributed by atoms with Crippen molar-refractivity contribution in [3.8, 4) is 0 Å². The van der Waals surface area contributed by atoms with Crippen molar-refractivity contribution >= 4 is 69.8 Å². The van der Waals surface area contributed by atoms with Crippen LogP contribution in [0.5, 0.6) is 0 Å². The molecule has 0 saturated carbocycles. The number of benzene rings is 5. The molecule has 0 N–H and O–H groups in total. The monoisotopic (exact) mass is 328 g/mol. The molecule has 0 aromatic heterocycles. The Morgan fingerprint density at radius 3 is 1.52 bits per heavy atom. The molecule has 0 bridgehead atoms. The molecule has 0 nitrogen and oxygen atoms in total. The number of hydrogen-bond donors (Lipinski definition) is 0. The van der Waals surface area contributed by atoms with Crippen LogP contribution in [0.1, 0.15) is 0 Å². The molecule has 96 valence electrons. The van der Waals surface area contributed by atoms with Crippen molar-refractivity contribution < 1.29 is 0 Å². The van der Waals surface area contributed by atoms with Crippen molar-refractivity contribution in [3.05, 3.63) is 59.1 Å². The molecule has 0 saturated heterocycles. The predicted molar refractivity (Wildman–Crippen MR) is 95.2 cm³/mol. The highest BCUT2D eigenvalue weighted by Gasteiger charge is 2.20. The fraction of sp³-hybridized carbons (Fsp3) is 0. The van der Waals surface area contributed by atoms with Crippen LogP contribution in [0.4, 0.5) is 0 Å². The van der Waals surface area contributed by atoms with Gasteiger partial charge >= 0.3 is 0 Å². The van der Waals surface area contributed by atoms with Crippen molar-refractivity contribution in [3.63, 3.8) is 0 Å². The van der Waals surface area contributed by atoms with Crippen LogP contribution in [-0.4, -0.2) is 0 Å². The Hall–Kier alpha value is -2.12. The van der Waals surface area contributed by atoms with E-state index in [0.29, 0.717) is 0 Å². The van der Waals surface area contributed by atoms with E-state index in [9.17, 15) is 0 Å². The summed E-state index contributed by atoms with van der Waals surface area (Å²) in [5.41, 5.74) is 0. The van der Waals surface area contributed by atoms with E-state index < -0.39 is 0 Å². The van der Waals surface area contributed by atoms with E-state index in [1.807, 2.05) is 0 Å². The minimum absolute atomic E-state index is 1.19. The highest BCUT2D eigenvalue weighted by Crippen LogP contribution is 2.49. The third kappa shape index (κ3) is 1.04. The van der Waals surface area contributed by atoms with Gasteiger partial charge in [0.25, 0.3) is 0 Å². The summed E-state index contributed by atoms with van der Waals surface area (Å²) < 4.78 is 1.19. The molecule has 0 spiro atoms. The summed E-state index contributed by atoms with van der Waals surface area (Å²) in [6.45, 7) is 0. The molecule has 0 amide bonds. The van der Waals surface area contributed by atoms with Gasteiger partial charge in [-0.05, 0) is 59.9 Å². The Balaban J connectivity index is 2.25. The van der Waals surface area contributed by atoms with Crippen LogP contribution in [0.2, 0.25) is 0 Å². The average Bonchev–Trinajstić information content (AvgIpc) is 2.88. The molecule has 0 radical (unpaired) electrons. The zero-order valence-electron chi connectivity index (χ0n) is 11.1. The fourth-order valence-corrected chi connectivity index (χ4v) is 4.70. The molecular weight excluding hydrogens is 320 g/mol. The van der Waals surface area contributed by atoms with Gasteiger partial charge in [0, 0.05) is 4.47 Å². The standard InChI is InChI=1S/C20H9Br/c21-15-9-13-6-5-11-2-1-10-3-4-12-7-8-14(15)20-18(12)16(10)17(11)19(13)20/h1-9H. The number of rotatable bonds is 0. The van der Waals surface area contributed by atoms with Gasteiger partial charge in [-0.2, -0.15) is 0 Å². The van der Waals surface area contributed by atoms with Crippen molar-refractivity contribution in [2.45, 2.75) is 0 Å². The van der Waals surface area contributed by atoms with Gasteiger partial charge in [0.1, 0.15) is 0 Å². The SMILES string of the molecule is Brc1cc2ccc3ccc4ccc5ccc1c1c5c4c3c21. The third-order valence-corrected chi connectivity index (χ3v) is 5.63. The summed E-state index contributed by atoms with van der Waals surface area (Å²) in [6, 6.07) is 20.3. The zero-order valence-corrected chi connectivity index (χ0v) is 12.7. The predicted octanol–water partition coefficient (Wildman–Crippen LogP) is 6.53. The first-order chi connectivity index (χ1) is 10.3. The van der Waals surface area contributed by atoms with Crippen LogP contribution in [0.15, 0.2) is 59.1 Å². The summed E-state index contributed by atoms with van der Waals surface area (Å²) in [5, 5.41) is 13.9. The third-order valence-electron chi connectivity index (χ3n) is 4.97. The second-order valence-electron chi connectivity index (χ2n) is 5.94. The molecule has 0 aliphatic heterocycles. The second-order valence-corrected chi connectivity index (χ2v) is 6.79. The minimum Gasteiger partial charge on any atom is -0.0537 e. The van der Waals surface area contributed by atoms with Crippen molar-refractivity contribution in [2.75, 3.05) is 0 Å². The molecule has 0 fully saturated rings. The summed E-state index contributed by atoms with van der Waals surface area (Å²) in [7, 11) is 0. The summed E-state index contributed by atoms with van der Waals surface area (Å²) in [5.74, 6) is 0. The van der Waals surface area contributed by atoms with Gasteiger partial charge in [0.15, 0.2) is 0 Å². The molecule has 6 aromatic rings. The molecule has 6 rings (SSSR count). The zero-order chi connectivity index (χ0) is 13.7. The Labute approximate surface area is 129 Å². The molecular formula is C20H9Br. The molecule has 0 atom stereocenters. The lowest BCUT2D eigenvalue weighted by Gasteiger charge is -2.06. The summed E-state index contributed by atoms with van der Waals surface area (Å²) in [6.07, 6.45) is 0. The lowest BCUT2D eigenvalue weighted by atomic mass is 10.00. The molecule has 0 aliphatic rings. The van der Waals surface area contributed by atoms with E-state index in [1.165, 1.54) is 58.3 Å². The maximum absolute atomic E-state index is 3.76. The van der Waals surface area contributed by atoms with Gasteiger partial charge < -0.3 is 0 Å². The first-order valence-corrected chi connectivity index (χ1v) is 7.95. The van der Waals surface area contributed by atoms with Crippen molar-refractivity contribution in [1.29, 1.82) is 0 Å². The Morgan fingerprint density at radius 2 is 0.905 bits per heavy atom. The summed E-state index contributed by atoms with van der Waals surface area (Å²) >= 11 is 3.76. The van der Waals surface area contributed by atoms with Crippen LogP contribution in [-0.2, 0) is 0 Å². The quantitative estimate of drug-likeness (QED) is 0.278. The van der Waals surface area contributed by atoms with Crippen LogP contribution in [0, 0.1) is 0 Å². The minimum atomic E-state index is 1.19. The molecule has 0 unspecified atom stereocenters. The largest absolute Gasteiger partial charge is 0.0537 e. The van der Waals surface area contributed by atoms with Crippen LogP contribution in [0.25, 0.3) is 53.9 Å². The maximum atomic E-state index is 3.76. The van der Waals surface area contributed by atoms with Crippen LogP contribution >= 0.6 is 15.9 Å². The van der Waals surface area contributed by atoms with Gasteiger partial charge in [-0.1, -0.05) is 64.5 Å². The Kier molecular flexibility index (Phi) is 1.61. The van der Waals surface area contributed by atoms with E-state index in [2.05, 4.69) is 70.5 Å². The van der Waals surface area contributed by atoms with Crippen LogP contribution in [0.3, 0.4) is 0 Å². The Morgan fingerprint density at radius 1 is 0.476 bits per heavy atom. The average molecular weight is 329 g/mol.